The van der Waals surface area contributed by atoms with Gasteiger partial charge in [0.05, 0.1) is 5.52 Å². The zero-order chi connectivity index (χ0) is 14.3. The van der Waals surface area contributed by atoms with Crippen LogP contribution in [0.1, 0.15) is 11.1 Å². The predicted octanol–water partition coefficient (Wildman–Crippen LogP) is 5.33. The number of aromatic nitrogens is 2. The van der Waals surface area contributed by atoms with Gasteiger partial charge in [-0.3, -0.25) is 0 Å². The standard InChI is InChI=1S/C16H12BrClN2/c1-9-4-3-5-10(2)14(9)16-19-13-7-6-11(17)8-12(13)15(18)20-16/h3-8H,1-2H3. The van der Waals surface area contributed by atoms with Crippen LogP contribution in [0.5, 0.6) is 0 Å². The van der Waals surface area contributed by atoms with Crippen LogP contribution in [0.25, 0.3) is 22.3 Å². The monoisotopic (exact) mass is 346 g/mol. The molecule has 0 saturated carbocycles. The highest BCUT2D eigenvalue weighted by Gasteiger charge is 2.12. The molecule has 1 heterocycles. The van der Waals surface area contributed by atoms with Crippen molar-refractivity contribution in [2.45, 2.75) is 13.8 Å². The first-order valence-corrected chi connectivity index (χ1v) is 7.43. The Kier molecular flexibility index (Phi) is 3.48. The fourth-order valence-electron chi connectivity index (χ4n) is 2.34. The third-order valence-corrected chi connectivity index (χ3v) is 4.10. The fourth-order valence-corrected chi connectivity index (χ4v) is 2.93. The lowest BCUT2D eigenvalue weighted by molar-refractivity contribution is 1.20. The Labute approximate surface area is 131 Å². The molecule has 2 nitrogen and oxygen atoms in total. The molecule has 20 heavy (non-hydrogen) atoms. The molecule has 3 aromatic rings. The smallest absolute Gasteiger partial charge is 0.162 e. The van der Waals surface area contributed by atoms with E-state index in [1.54, 1.807) is 0 Å². The van der Waals surface area contributed by atoms with Gasteiger partial charge in [0.15, 0.2) is 5.82 Å². The maximum absolute atomic E-state index is 6.32. The highest BCUT2D eigenvalue weighted by Crippen LogP contribution is 2.30. The molecule has 0 atom stereocenters. The summed E-state index contributed by atoms with van der Waals surface area (Å²) in [5, 5.41) is 1.34. The van der Waals surface area contributed by atoms with Gasteiger partial charge in [0.2, 0.25) is 0 Å². The van der Waals surface area contributed by atoms with Gasteiger partial charge in [-0.2, -0.15) is 0 Å². The van der Waals surface area contributed by atoms with E-state index in [0.29, 0.717) is 11.0 Å². The van der Waals surface area contributed by atoms with Gasteiger partial charge >= 0.3 is 0 Å². The number of hydrogen-bond acceptors (Lipinski definition) is 2. The summed E-state index contributed by atoms with van der Waals surface area (Å²) in [4.78, 5) is 9.12. The van der Waals surface area contributed by atoms with Crippen LogP contribution in [-0.2, 0) is 0 Å². The van der Waals surface area contributed by atoms with Crippen LogP contribution >= 0.6 is 27.5 Å². The Morgan fingerprint density at radius 1 is 1.00 bits per heavy atom. The molecule has 1 aromatic heterocycles. The number of benzene rings is 2. The third kappa shape index (κ3) is 2.32. The van der Waals surface area contributed by atoms with Gasteiger partial charge in [0.1, 0.15) is 5.15 Å². The summed E-state index contributed by atoms with van der Waals surface area (Å²) in [6.45, 7) is 4.12. The minimum absolute atomic E-state index is 0.481. The highest BCUT2D eigenvalue weighted by atomic mass is 79.9. The van der Waals surface area contributed by atoms with Crippen molar-refractivity contribution in [3.63, 3.8) is 0 Å². The van der Waals surface area contributed by atoms with Crippen molar-refractivity contribution in [1.82, 2.24) is 9.97 Å². The number of rotatable bonds is 1. The molecule has 0 aliphatic rings. The SMILES string of the molecule is Cc1cccc(C)c1-c1nc(Cl)c2cc(Br)ccc2n1. The Balaban J connectivity index is 2.31. The molecule has 0 unspecified atom stereocenters. The normalized spacial score (nSPS) is 11.0. The average molecular weight is 348 g/mol. The quantitative estimate of drug-likeness (QED) is 0.556. The average Bonchev–Trinajstić information content (AvgIpc) is 2.39. The van der Waals surface area contributed by atoms with E-state index < -0.39 is 0 Å². The topological polar surface area (TPSA) is 25.8 Å². The van der Waals surface area contributed by atoms with Crippen LogP contribution in [0.15, 0.2) is 40.9 Å². The lowest BCUT2D eigenvalue weighted by Crippen LogP contribution is -1.96. The number of hydrogen-bond donors (Lipinski definition) is 0. The number of halogens is 2. The van der Waals surface area contributed by atoms with Crippen molar-refractivity contribution >= 4 is 38.4 Å². The molecular weight excluding hydrogens is 336 g/mol. The van der Waals surface area contributed by atoms with Crippen LogP contribution in [0.3, 0.4) is 0 Å². The van der Waals surface area contributed by atoms with Gasteiger partial charge in [-0.25, -0.2) is 9.97 Å². The van der Waals surface area contributed by atoms with Crippen LogP contribution < -0.4 is 0 Å². The van der Waals surface area contributed by atoms with E-state index in [0.717, 1.165) is 32.1 Å². The van der Waals surface area contributed by atoms with Crippen LogP contribution in [0, 0.1) is 13.8 Å². The molecular formula is C16H12BrClN2. The lowest BCUT2D eigenvalue weighted by atomic mass is 10.0. The minimum Gasteiger partial charge on any atom is -0.228 e. The maximum atomic E-state index is 6.32. The van der Waals surface area contributed by atoms with Gasteiger partial charge in [-0.05, 0) is 43.2 Å². The Bertz CT molecular complexity index is 795. The molecule has 0 aliphatic heterocycles. The van der Waals surface area contributed by atoms with Gasteiger partial charge in [0.25, 0.3) is 0 Å². The summed E-state index contributed by atoms with van der Waals surface area (Å²) in [7, 11) is 0. The molecule has 4 heteroatoms. The van der Waals surface area contributed by atoms with Crippen molar-refractivity contribution < 1.29 is 0 Å². The third-order valence-electron chi connectivity index (χ3n) is 3.32. The summed E-state index contributed by atoms with van der Waals surface area (Å²) in [5.74, 6) is 0.681. The number of nitrogens with zero attached hydrogens (tertiary/aromatic N) is 2. The van der Waals surface area contributed by atoms with E-state index in [9.17, 15) is 0 Å². The van der Waals surface area contributed by atoms with E-state index in [4.69, 9.17) is 11.6 Å². The zero-order valence-corrected chi connectivity index (χ0v) is 13.5. The first-order chi connectivity index (χ1) is 9.56. The van der Waals surface area contributed by atoms with Crippen LogP contribution in [0.4, 0.5) is 0 Å². The summed E-state index contributed by atoms with van der Waals surface area (Å²) >= 11 is 9.76. The second-order valence-electron chi connectivity index (χ2n) is 4.77. The molecule has 0 bridgehead atoms. The Hall–Kier alpha value is -1.45. The summed E-state index contributed by atoms with van der Waals surface area (Å²) in [6, 6.07) is 12.0. The second-order valence-corrected chi connectivity index (χ2v) is 6.04. The molecule has 0 saturated heterocycles. The summed E-state index contributed by atoms with van der Waals surface area (Å²) in [5.41, 5.74) is 4.21. The van der Waals surface area contributed by atoms with Crippen molar-refractivity contribution in [3.8, 4) is 11.4 Å². The molecule has 0 aliphatic carbocycles. The van der Waals surface area contributed by atoms with Crippen molar-refractivity contribution in [3.05, 3.63) is 57.2 Å². The van der Waals surface area contributed by atoms with Crippen molar-refractivity contribution in [2.24, 2.45) is 0 Å². The molecule has 2 aromatic carbocycles. The van der Waals surface area contributed by atoms with Gasteiger partial charge in [0, 0.05) is 15.4 Å². The van der Waals surface area contributed by atoms with Crippen LogP contribution in [-0.4, -0.2) is 9.97 Å². The largest absolute Gasteiger partial charge is 0.228 e. The molecule has 0 fully saturated rings. The van der Waals surface area contributed by atoms with E-state index in [1.165, 1.54) is 0 Å². The van der Waals surface area contributed by atoms with E-state index in [2.05, 4.69) is 51.9 Å². The number of fused-ring (bicyclic) bond motifs is 1. The highest BCUT2D eigenvalue weighted by molar-refractivity contribution is 9.10. The van der Waals surface area contributed by atoms with Crippen molar-refractivity contribution in [2.75, 3.05) is 0 Å². The van der Waals surface area contributed by atoms with E-state index in [-0.39, 0.29) is 0 Å². The van der Waals surface area contributed by atoms with Gasteiger partial charge in [-0.15, -0.1) is 0 Å². The molecule has 0 N–H and O–H groups in total. The number of aryl methyl sites for hydroxylation is 2. The molecule has 3 rings (SSSR count). The van der Waals surface area contributed by atoms with E-state index >= 15 is 0 Å². The Morgan fingerprint density at radius 3 is 2.40 bits per heavy atom. The molecule has 100 valence electrons. The second kappa shape index (κ2) is 5.15. The predicted molar refractivity (Wildman–Crippen MR) is 87.2 cm³/mol. The lowest BCUT2D eigenvalue weighted by Gasteiger charge is -2.10. The Morgan fingerprint density at radius 2 is 1.70 bits per heavy atom. The maximum Gasteiger partial charge on any atom is 0.162 e. The minimum atomic E-state index is 0.481. The molecule has 0 spiro atoms. The molecule has 0 radical (unpaired) electrons. The van der Waals surface area contributed by atoms with Gasteiger partial charge in [-0.1, -0.05) is 45.7 Å². The summed E-state index contributed by atoms with van der Waals surface area (Å²) < 4.78 is 0.968. The molecule has 0 amide bonds. The van der Waals surface area contributed by atoms with Gasteiger partial charge < -0.3 is 0 Å². The van der Waals surface area contributed by atoms with Crippen LogP contribution in [0.2, 0.25) is 5.15 Å². The fraction of sp³-hybridized carbons (Fsp3) is 0.125. The van der Waals surface area contributed by atoms with E-state index in [1.807, 2.05) is 24.3 Å². The first kappa shape index (κ1) is 13.5. The summed E-state index contributed by atoms with van der Waals surface area (Å²) in [6.07, 6.45) is 0. The zero-order valence-electron chi connectivity index (χ0n) is 11.1. The van der Waals surface area contributed by atoms with Crippen molar-refractivity contribution in [1.29, 1.82) is 0 Å². The first-order valence-electron chi connectivity index (χ1n) is 6.25.